The molecule has 5 rings (SSSR count). The van der Waals surface area contributed by atoms with E-state index in [9.17, 15) is 9.59 Å². The smallest absolute Gasteiger partial charge is 0.178 e. The fourth-order valence-electron chi connectivity index (χ4n) is 6.17. The predicted octanol–water partition coefficient (Wildman–Crippen LogP) is 9.45. The Labute approximate surface area is 278 Å². The van der Waals surface area contributed by atoms with E-state index in [1.165, 1.54) is 22.3 Å². The van der Waals surface area contributed by atoms with E-state index in [4.69, 9.17) is 10.5 Å². The normalized spacial score (nSPS) is 16.9. The number of allylic oxidation sites excluding steroid dienone is 4. The Morgan fingerprint density at radius 3 is 1.59 bits per heavy atom. The molecule has 2 aliphatic carbocycles. The average Bonchev–Trinajstić information content (AvgIpc) is 3.03. The summed E-state index contributed by atoms with van der Waals surface area (Å²) in [7, 11) is 0. The van der Waals surface area contributed by atoms with Crippen LogP contribution in [0, 0.1) is 0 Å². The van der Waals surface area contributed by atoms with Crippen LogP contribution in [-0.2, 0) is 14.3 Å². The molecule has 2 aromatic carbocycles. The molecule has 0 spiro atoms. The van der Waals surface area contributed by atoms with Crippen LogP contribution < -0.4 is 11.1 Å². The molecule has 2 aromatic rings. The van der Waals surface area contributed by atoms with Gasteiger partial charge in [-0.3, -0.25) is 9.59 Å². The first-order valence-electron chi connectivity index (χ1n) is 17.5. The number of para-hydroxylation sites is 2. The van der Waals surface area contributed by atoms with Crippen LogP contribution in [0.5, 0.6) is 0 Å². The van der Waals surface area contributed by atoms with Gasteiger partial charge in [0.25, 0.3) is 0 Å². The van der Waals surface area contributed by atoms with Crippen LogP contribution in [0.3, 0.4) is 0 Å². The quantitative estimate of drug-likeness (QED) is 0.297. The van der Waals surface area contributed by atoms with Crippen LogP contribution in [0.1, 0.15) is 140 Å². The number of benzene rings is 2. The molecule has 1 heterocycles. The number of anilines is 2. The Morgan fingerprint density at radius 1 is 0.674 bits per heavy atom. The fraction of sp³-hybridized carbons (Fsp3) is 0.550. The van der Waals surface area contributed by atoms with Crippen molar-refractivity contribution < 1.29 is 14.3 Å². The number of morpholine rings is 1. The Balaban J connectivity index is 0.000000195. The molecule has 1 aliphatic heterocycles. The summed E-state index contributed by atoms with van der Waals surface area (Å²) in [6, 6.07) is 12.8. The molecule has 1 saturated heterocycles. The van der Waals surface area contributed by atoms with E-state index in [1.54, 1.807) is 0 Å². The van der Waals surface area contributed by atoms with Crippen LogP contribution in [0.2, 0.25) is 0 Å². The molecule has 6 nitrogen and oxygen atoms in total. The lowest BCUT2D eigenvalue weighted by Crippen LogP contribution is -2.38. The lowest BCUT2D eigenvalue weighted by Gasteiger charge is -2.31. The van der Waals surface area contributed by atoms with E-state index in [1.807, 2.05) is 6.08 Å². The van der Waals surface area contributed by atoms with Crippen LogP contribution in [0.25, 0.3) is 0 Å². The molecule has 3 N–H and O–H groups in total. The van der Waals surface area contributed by atoms with E-state index in [0.717, 1.165) is 81.2 Å². The number of nitrogens with zero attached hydrogens (tertiary/aromatic N) is 1. The third-order valence-corrected chi connectivity index (χ3v) is 8.89. The van der Waals surface area contributed by atoms with E-state index in [0.29, 0.717) is 35.9 Å². The third-order valence-electron chi connectivity index (χ3n) is 8.89. The number of hydrogen-bond donors (Lipinski definition) is 2. The molecule has 1 fully saturated rings. The highest BCUT2D eigenvalue weighted by Gasteiger charge is 2.22. The van der Waals surface area contributed by atoms with Crippen molar-refractivity contribution in [3.8, 4) is 0 Å². The first kappa shape index (κ1) is 37.1. The minimum Gasteiger partial charge on any atom is -0.398 e. The number of nitrogen functional groups attached to an aromatic ring is 1. The standard InChI is InChI=1S/C18H25NO.C12H19N.C10H15NO2/c1-12(2)14-8-7-9-15(13(3)4)18(14)19-16-10-5-6-11-17(16)20;1-8(2)10-6-5-7-11(9(3)4)12(10)13;12-10-4-2-1-3-9(10)11-5-7-13-8-6-11/h7-10,12-13,19H,5-6,11H2,1-4H3;5-9H,13H2,1-4H3;3H,1-2,4-8H2. The van der Waals surface area contributed by atoms with Gasteiger partial charge in [0.15, 0.2) is 11.6 Å². The van der Waals surface area contributed by atoms with Crippen molar-refractivity contribution in [2.75, 3.05) is 37.4 Å². The van der Waals surface area contributed by atoms with Gasteiger partial charge in [-0.1, -0.05) is 104 Å². The number of Topliss-reactive ketones (excluding diaryl/α,β-unsaturated/α-hetero) is 2. The zero-order valence-electron chi connectivity index (χ0n) is 29.7. The molecule has 252 valence electrons. The second-order valence-electron chi connectivity index (χ2n) is 13.8. The number of rotatable bonds is 7. The summed E-state index contributed by atoms with van der Waals surface area (Å²) in [5.74, 6) is 2.46. The molecule has 0 aromatic heterocycles. The molecule has 3 aliphatic rings. The number of hydrogen-bond acceptors (Lipinski definition) is 6. The Hall–Kier alpha value is -3.38. The molecule has 0 amide bonds. The van der Waals surface area contributed by atoms with Gasteiger partial charge < -0.3 is 20.7 Å². The molecule has 0 radical (unpaired) electrons. The van der Waals surface area contributed by atoms with Gasteiger partial charge in [-0.25, -0.2) is 0 Å². The highest BCUT2D eigenvalue weighted by atomic mass is 16.5. The van der Waals surface area contributed by atoms with Crippen molar-refractivity contribution >= 4 is 22.9 Å². The molecular formula is C40H59N3O3. The molecular weight excluding hydrogens is 570 g/mol. The predicted molar refractivity (Wildman–Crippen MR) is 194 cm³/mol. The van der Waals surface area contributed by atoms with Gasteiger partial charge >= 0.3 is 0 Å². The number of carbonyl (C=O) groups is 2. The van der Waals surface area contributed by atoms with Crippen LogP contribution in [-0.4, -0.2) is 42.8 Å². The Kier molecular flexibility index (Phi) is 14.6. The minimum atomic E-state index is 0.240. The summed E-state index contributed by atoms with van der Waals surface area (Å²) in [4.78, 5) is 25.7. The maximum Gasteiger partial charge on any atom is 0.178 e. The van der Waals surface area contributed by atoms with E-state index in [2.05, 4.69) is 108 Å². The first-order valence-corrected chi connectivity index (χ1v) is 17.5. The van der Waals surface area contributed by atoms with Crippen molar-refractivity contribution in [3.63, 3.8) is 0 Å². The minimum absolute atomic E-state index is 0.240. The zero-order valence-corrected chi connectivity index (χ0v) is 29.7. The number of ether oxygens (including phenoxy) is 1. The van der Waals surface area contributed by atoms with Crippen molar-refractivity contribution in [1.82, 2.24) is 4.90 Å². The van der Waals surface area contributed by atoms with Gasteiger partial charge in [-0.2, -0.15) is 0 Å². The molecule has 0 bridgehead atoms. The van der Waals surface area contributed by atoms with Gasteiger partial charge in [0.2, 0.25) is 0 Å². The Morgan fingerprint density at radius 2 is 1.13 bits per heavy atom. The lowest BCUT2D eigenvalue weighted by molar-refractivity contribution is -0.118. The van der Waals surface area contributed by atoms with Crippen LogP contribution >= 0.6 is 0 Å². The van der Waals surface area contributed by atoms with Crippen molar-refractivity contribution in [2.45, 2.75) is 118 Å². The highest BCUT2D eigenvalue weighted by Crippen LogP contribution is 2.34. The van der Waals surface area contributed by atoms with Crippen LogP contribution in [0.4, 0.5) is 11.4 Å². The third kappa shape index (κ3) is 10.3. The molecule has 46 heavy (non-hydrogen) atoms. The van der Waals surface area contributed by atoms with Gasteiger partial charge in [-0.05, 0) is 71.6 Å². The van der Waals surface area contributed by atoms with Crippen LogP contribution in [0.15, 0.2) is 59.9 Å². The molecule has 0 unspecified atom stereocenters. The second-order valence-corrected chi connectivity index (χ2v) is 13.8. The van der Waals surface area contributed by atoms with Gasteiger partial charge in [0.05, 0.1) is 24.6 Å². The largest absolute Gasteiger partial charge is 0.398 e. The second kappa shape index (κ2) is 18.1. The summed E-state index contributed by atoms with van der Waals surface area (Å²) < 4.78 is 5.25. The summed E-state index contributed by atoms with van der Waals surface area (Å²) in [5.41, 5.74) is 15.0. The monoisotopic (exact) mass is 629 g/mol. The van der Waals surface area contributed by atoms with Crippen molar-refractivity contribution in [1.29, 1.82) is 0 Å². The number of nitrogens with two attached hydrogens (primary N) is 1. The SMILES string of the molecule is CC(C)c1cccc(C(C)C)c1N.CC(C)c1cccc(C(C)C)c1NC1=CCCCC1=O.O=C1CCCC=C1N1CCOCC1. The molecule has 6 heteroatoms. The van der Waals surface area contributed by atoms with E-state index < -0.39 is 0 Å². The fourth-order valence-corrected chi connectivity index (χ4v) is 6.17. The summed E-state index contributed by atoms with van der Waals surface area (Å²) in [6.07, 6.45) is 9.57. The van der Waals surface area contributed by atoms with Gasteiger partial charge in [0.1, 0.15) is 0 Å². The first-order chi connectivity index (χ1) is 21.9. The maximum absolute atomic E-state index is 12.0. The zero-order chi connectivity index (χ0) is 33.8. The number of carbonyl (C=O) groups excluding carboxylic acids is 2. The van der Waals surface area contributed by atoms with E-state index >= 15 is 0 Å². The Bertz CT molecular complexity index is 1310. The molecule has 0 saturated carbocycles. The summed E-state index contributed by atoms with van der Waals surface area (Å²) >= 11 is 0. The summed E-state index contributed by atoms with van der Waals surface area (Å²) in [6.45, 7) is 20.7. The lowest BCUT2D eigenvalue weighted by atomic mass is 9.92. The highest BCUT2D eigenvalue weighted by molar-refractivity contribution is 5.99. The topological polar surface area (TPSA) is 84.7 Å². The van der Waals surface area contributed by atoms with Gasteiger partial charge in [0, 0.05) is 37.3 Å². The van der Waals surface area contributed by atoms with E-state index in [-0.39, 0.29) is 5.78 Å². The van der Waals surface area contributed by atoms with Gasteiger partial charge in [-0.15, -0.1) is 0 Å². The number of nitrogens with one attached hydrogen (secondary N) is 1. The molecule has 0 atom stereocenters. The number of ketones is 2. The summed E-state index contributed by atoms with van der Waals surface area (Å²) in [5, 5.41) is 3.44. The van der Waals surface area contributed by atoms with Crippen molar-refractivity contribution in [2.24, 2.45) is 0 Å². The van der Waals surface area contributed by atoms with Crippen molar-refractivity contribution in [3.05, 3.63) is 82.2 Å². The maximum atomic E-state index is 12.0. The average molecular weight is 630 g/mol.